The summed E-state index contributed by atoms with van der Waals surface area (Å²) in [4.78, 5) is 9.20. The summed E-state index contributed by atoms with van der Waals surface area (Å²) >= 11 is 5.90. The second-order valence-corrected chi connectivity index (χ2v) is 6.56. The first-order valence-electron chi connectivity index (χ1n) is 8.20. The highest BCUT2D eigenvalue weighted by atomic mass is 35.5. The molecular weight excluding hydrogens is 310 g/mol. The highest BCUT2D eigenvalue weighted by molar-refractivity contribution is 6.30. The summed E-state index contributed by atoms with van der Waals surface area (Å²) in [6.07, 6.45) is 0. The van der Waals surface area contributed by atoms with Crippen LogP contribution in [0.15, 0.2) is 29.3 Å². The third kappa shape index (κ3) is 6.01. The molecule has 0 aromatic heterocycles. The van der Waals surface area contributed by atoms with Gasteiger partial charge in [0.25, 0.3) is 0 Å². The molecule has 1 unspecified atom stereocenters. The van der Waals surface area contributed by atoms with E-state index in [9.17, 15) is 0 Å². The molecule has 0 aliphatic carbocycles. The molecule has 1 aromatic rings. The molecule has 2 rings (SSSR count). The second kappa shape index (κ2) is 9.11. The number of hydrogen-bond donors (Lipinski definition) is 2. The Kier molecular flexibility index (Phi) is 7.15. The molecule has 1 fully saturated rings. The first-order chi connectivity index (χ1) is 11.1. The van der Waals surface area contributed by atoms with Gasteiger partial charge in [0.2, 0.25) is 0 Å². The lowest BCUT2D eigenvalue weighted by atomic mass is 10.2. The largest absolute Gasteiger partial charge is 0.355 e. The topological polar surface area (TPSA) is 42.9 Å². The Balaban J connectivity index is 1.73. The first-order valence-corrected chi connectivity index (χ1v) is 8.58. The van der Waals surface area contributed by atoms with Crippen molar-refractivity contribution >= 4 is 17.6 Å². The van der Waals surface area contributed by atoms with Crippen molar-refractivity contribution in [1.29, 1.82) is 0 Å². The maximum atomic E-state index is 5.90. The third-order valence-electron chi connectivity index (χ3n) is 4.32. The molecule has 0 saturated carbocycles. The second-order valence-electron chi connectivity index (χ2n) is 6.12. The molecule has 0 amide bonds. The van der Waals surface area contributed by atoms with Crippen molar-refractivity contribution in [2.24, 2.45) is 4.99 Å². The van der Waals surface area contributed by atoms with Gasteiger partial charge in [-0.3, -0.25) is 9.89 Å². The Hall–Kier alpha value is -1.30. The normalized spacial score (nSPS) is 18.7. The van der Waals surface area contributed by atoms with Gasteiger partial charge in [0.15, 0.2) is 5.96 Å². The van der Waals surface area contributed by atoms with Crippen LogP contribution in [0.1, 0.15) is 12.5 Å². The molecular formula is C17H28ClN5. The maximum Gasteiger partial charge on any atom is 0.191 e. The van der Waals surface area contributed by atoms with Crippen molar-refractivity contribution in [2.75, 3.05) is 46.8 Å². The van der Waals surface area contributed by atoms with Crippen LogP contribution in [0.3, 0.4) is 0 Å². The highest BCUT2D eigenvalue weighted by Crippen LogP contribution is 2.09. The minimum atomic E-state index is 0.498. The van der Waals surface area contributed by atoms with Gasteiger partial charge in [-0.05, 0) is 31.7 Å². The summed E-state index contributed by atoms with van der Waals surface area (Å²) < 4.78 is 0. The lowest BCUT2D eigenvalue weighted by Gasteiger charge is -2.36. The van der Waals surface area contributed by atoms with Gasteiger partial charge >= 0.3 is 0 Å². The number of nitrogens with zero attached hydrogens (tertiary/aromatic N) is 3. The van der Waals surface area contributed by atoms with Gasteiger partial charge in [-0.15, -0.1) is 0 Å². The Morgan fingerprint density at radius 3 is 2.43 bits per heavy atom. The van der Waals surface area contributed by atoms with Gasteiger partial charge in [0.1, 0.15) is 0 Å². The Bertz CT molecular complexity index is 494. The fraction of sp³-hybridized carbons (Fsp3) is 0.588. The summed E-state index contributed by atoms with van der Waals surface area (Å²) in [6.45, 7) is 8.46. The van der Waals surface area contributed by atoms with E-state index < -0.39 is 0 Å². The fourth-order valence-electron chi connectivity index (χ4n) is 2.64. The van der Waals surface area contributed by atoms with Gasteiger partial charge in [0.05, 0.1) is 0 Å². The van der Waals surface area contributed by atoms with E-state index in [1.54, 1.807) is 7.05 Å². The number of hydrogen-bond acceptors (Lipinski definition) is 3. The minimum absolute atomic E-state index is 0.498. The van der Waals surface area contributed by atoms with Crippen LogP contribution in [0.5, 0.6) is 0 Å². The molecule has 2 N–H and O–H groups in total. The smallest absolute Gasteiger partial charge is 0.191 e. The van der Waals surface area contributed by atoms with Crippen LogP contribution in [0.4, 0.5) is 0 Å². The Labute approximate surface area is 144 Å². The quantitative estimate of drug-likeness (QED) is 0.633. The van der Waals surface area contributed by atoms with Crippen LogP contribution in [0, 0.1) is 0 Å². The molecule has 23 heavy (non-hydrogen) atoms. The minimum Gasteiger partial charge on any atom is -0.355 e. The van der Waals surface area contributed by atoms with E-state index >= 15 is 0 Å². The molecule has 0 bridgehead atoms. The zero-order valence-electron chi connectivity index (χ0n) is 14.3. The van der Waals surface area contributed by atoms with Gasteiger partial charge in [-0.25, -0.2) is 0 Å². The molecule has 5 nitrogen and oxygen atoms in total. The van der Waals surface area contributed by atoms with E-state index in [2.05, 4.69) is 39.4 Å². The molecule has 1 aliphatic heterocycles. The van der Waals surface area contributed by atoms with Crippen molar-refractivity contribution in [3.63, 3.8) is 0 Å². The molecule has 6 heteroatoms. The summed E-state index contributed by atoms with van der Waals surface area (Å²) in [5, 5.41) is 7.52. The van der Waals surface area contributed by atoms with Gasteiger partial charge < -0.3 is 15.5 Å². The van der Waals surface area contributed by atoms with Crippen molar-refractivity contribution < 1.29 is 0 Å². The molecule has 0 spiro atoms. The van der Waals surface area contributed by atoms with Gasteiger partial charge in [0, 0.05) is 57.4 Å². The number of likely N-dealkylation sites (N-methyl/N-ethyl adjacent to an activating group) is 1. The molecule has 1 heterocycles. The van der Waals surface area contributed by atoms with Gasteiger partial charge in [-0.1, -0.05) is 23.7 Å². The molecule has 1 aromatic carbocycles. The zero-order valence-corrected chi connectivity index (χ0v) is 15.1. The summed E-state index contributed by atoms with van der Waals surface area (Å²) in [6, 6.07) is 8.36. The van der Waals surface area contributed by atoms with E-state index in [1.807, 2.05) is 24.3 Å². The van der Waals surface area contributed by atoms with Crippen molar-refractivity contribution in [1.82, 2.24) is 20.4 Å². The van der Waals surface area contributed by atoms with E-state index in [1.165, 1.54) is 5.56 Å². The van der Waals surface area contributed by atoms with E-state index in [0.29, 0.717) is 6.04 Å². The van der Waals surface area contributed by atoms with Crippen LogP contribution in [0.25, 0.3) is 0 Å². The van der Waals surface area contributed by atoms with E-state index in [4.69, 9.17) is 11.6 Å². The number of rotatable bonds is 5. The number of piperazine rings is 1. The summed E-state index contributed by atoms with van der Waals surface area (Å²) in [5.74, 6) is 0.834. The SMILES string of the molecule is CN=C(NCc1ccc(Cl)cc1)NCC(C)N1CCN(C)CC1. The third-order valence-corrected chi connectivity index (χ3v) is 4.57. The summed E-state index contributed by atoms with van der Waals surface area (Å²) in [5.41, 5.74) is 1.18. The first kappa shape index (κ1) is 18.0. The van der Waals surface area contributed by atoms with Crippen molar-refractivity contribution in [3.8, 4) is 0 Å². The Morgan fingerprint density at radius 2 is 1.83 bits per heavy atom. The maximum absolute atomic E-state index is 5.90. The standard InChI is InChI=1S/C17H28ClN5/c1-14(23-10-8-22(3)9-11-23)12-20-17(19-2)21-13-15-4-6-16(18)7-5-15/h4-7,14H,8-13H2,1-3H3,(H2,19,20,21). The number of benzene rings is 1. The monoisotopic (exact) mass is 337 g/mol. The van der Waals surface area contributed by atoms with Crippen LogP contribution in [-0.4, -0.2) is 68.6 Å². The molecule has 1 aliphatic rings. The van der Waals surface area contributed by atoms with Crippen LogP contribution >= 0.6 is 11.6 Å². The lowest BCUT2D eigenvalue weighted by molar-refractivity contribution is 0.120. The zero-order chi connectivity index (χ0) is 16.7. The van der Waals surface area contributed by atoms with E-state index in [0.717, 1.165) is 50.3 Å². The number of halogens is 1. The molecule has 128 valence electrons. The fourth-order valence-corrected chi connectivity index (χ4v) is 2.77. The predicted octanol–water partition coefficient (Wildman–Crippen LogP) is 1.64. The number of nitrogens with one attached hydrogen (secondary N) is 2. The van der Waals surface area contributed by atoms with Crippen LogP contribution < -0.4 is 10.6 Å². The Morgan fingerprint density at radius 1 is 1.17 bits per heavy atom. The van der Waals surface area contributed by atoms with Crippen LogP contribution in [-0.2, 0) is 6.54 Å². The average Bonchev–Trinajstić information content (AvgIpc) is 2.57. The number of guanidine groups is 1. The summed E-state index contributed by atoms with van der Waals surface area (Å²) in [7, 11) is 3.99. The number of aliphatic imine (C=N–C) groups is 1. The molecule has 1 atom stereocenters. The lowest BCUT2D eigenvalue weighted by Crippen LogP contribution is -2.52. The predicted molar refractivity (Wildman–Crippen MR) is 98.2 cm³/mol. The molecule has 0 radical (unpaired) electrons. The van der Waals surface area contributed by atoms with E-state index in [-0.39, 0.29) is 0 Å². The van der Waals surface area contributed by atoms with Gasteiger partial charge in [-0.2, -0.15) is 0 Å². The van der Waals surface area contributed by atoms with Crippen LogP contribution in [0.2, 0.25) is 5.02 Å². The van der Waals surface area contributed by atoms with Crippen molar-refractivity contribution in [2.45, 2.75) is 19.5 Å². The highest BCUT2D eigenvalue weighted by Gasteiger charge is 2.18. The van der Waals surface area contributed by atoms with Crippen molar-refractivity contribution in [3.05, 3.63) is 34.9 Å². The molecule has 1 saturated heterocycles. The average molecular weight is 338 g/mol.